The molecule has 1 amide bonds. The number of para-hydroxylation sites is 1. The van der Waals surface area contributed by atoms with Crippen LogP contribution in [0.2, 0.25) is 0 Å². The monoisotopic (exact) mass is 268 g/mol. The lowest BCUT2D eigenvalue weighted by Gasteiger charge is -2.18. The van der Waals surface area contributed by atoms with Gasteiger partial charge in [-0.05, 0) is 29.3 Å². The molecule has 0 spiro atoms. The summed E-state index contributed by atoms with van der Waals surface area (Å²) in [5, 5.41) is 1.64. The molecule has 102 valence electrons. The first-order valence-corrected chi connectivity index (χ1v) is 6.55. The van der Waals surface area contributed by atoms with Crippen molar-refractivity contribution in [1.29, 1.82) is 0 Å². The van der Waals surface area contributed by atoms with Gasteiger partial charge in [0.25, 0.3) is 0 Å². The Labute approximate surface area is 117 Å². The Balaban J connectivity index is 1.70. The third kappa shape index (κ3) is 2.38. The summed E-state index contributed by atoms with van der Waals surface area (Å²) < 4.78 is 5.13. The molecule has 0 saturated heterocycles. The van der Waals surface area contributed by atoms with E-state index in [4.69, 9.17) is 4.74 Å². The van der Waals surface area contributed by atoms with Crippen molar-refractivity contribution in [2.45, 2.75) is 13.0 Å². The number of amides is 1. The van der Waals surface area contributed by atoms with Crippen LogP contribution >= 0.6 is 0 Å². The van der Waals surface area contributed by atoms with E-state index in [9.17, 15) is 4.79 Å². The summed E-state index contributed by atoms with van der Waals surface area (Å²) in [6.45, 7) is 0.601. The maximum absolute atomic E-state index is 12.0. The Morgan fingerprint density at radius 3 is 2.65 bits per heavy atom. The van der Waals surface area contributed by atoms with Crippen LogP contribution in [0.1, 0.15) is 11.1 Å². The zero-order chi connectivity index (χ0) is 13.9. The number of methoxy groups -OCH3 is 1. The Bertz CT molecular complexity index is 623. The van der Waals surface area contributed by atoms with Gasteiger partial charge in [0.05, 0.1) is 19.2 Å². The molecule has 1 heterocycles. The number of nitrogens with one attached hydrogen (secondary N) is 1. The molecule has 4 heteroatoms. The van der Waals surface area contributed by atoms with Gasteiger partial charge in [0.15, 0.2) is 0 Å². The van der Waals surface area contributed by atoms with Gasteiger partial charge in [-0.3, -0.25) is 4.79 Å². The van der Waals surface area contributed by atoms with Crippen LogP contribution in [0.25, 0.3) is 0 Å². The second kappa shape index (κ2) is 5.35. The number of rotatable bonds is 4. The molecule has 4 nitrogen and oxygen atoms in total. The van der Waals surface area contributed by atoms with Crippen LogP contribution in [0, 0.1) is 0 Å². The zero-order valence-electron chi connectivity index (χ0n) is 11.3. The maximum atomic E-state index is 12.0. The lowest BCUT2D eigenvalue weighted by atomic mass is 10.2. The van der Waals surface area contributed by atoms with E-state index in [0.29, 0.717) is 13.0 Å². The van der Waals surface area contributed by atoms with Crippen LogP contribution in [0.15, 0.2) is 48.5 Å². The fourth-order valence-corrected chi connectivity index (χ4v) is 2.34. The number of nitrogens with zero attached hydrogens (tertiary/aromatic N) is 1. The molecule has 0 bridgehead atoms. The number of fused-ring (bicyclic) bond motifs is 1. The average Bonchev–Trinajstić information content (AvgIpc) is 2.81. The molecule has 1 N–H and O–H groups in total. The highest BCUT2D eigenvalue weighted by Crippen LogP contribution is 2.26. The minimum atomic E-state index is 0.0831. The van der Waals surface area contributed by atoms with Gasteiger partial charge in [0.1, 0.15) is 5.75 Å². The highest BCUT2D eigenvalue weighted by atomic mass is 16.5. The number of carbonyl (C=O) groups is 1. The standard InChI is InChI=1S/C16H16N2O2/c1-20-14-8-6-12(7-9-14)11-17-18-15-5-3-2-4-13(15)10-16(18)19/h2-9,17H,10-11H2,1H3. The van der Waals surface area contributed by atoms with Gasteiger partial charge in [0.2, 0.25) is 5.91 Å². The first-order chi connectivity index (χ1) is 9.78. The van der Waals surface area contributed by atoms with Gasteiger partial charge in [0, 0.05) is 6.54 Å². The molecule has 0 aliphatic carbocycles. The minimum Gasteiger partial charge on any atom is -0.497 e. The highest BCUT2D eigenvalue weighted by Gasteiger charge is 2.26. The summed E-state index contributed by atoms with van der Waals surface area (Å²) >= 11 is 0. The molecule has 0 atom stereocenters. The quantitative estimate of drug-likeness (QED) is 0.925. The number of hydrogen-bond donors (Lipinski definition) is 1. The Morgan fingerprint density at radius 1 is 1.15 bits per heavy atom. The smallest absolute Gasteiger partial charge is 0.245 e. The van der Waals surface area contributed by atoms with Crippen molar-refractivity contribution in [1.82, 2.24) is 5.43 Å². The van der Waals surface area contributed by atoms with Gasteiger partial charge in [-0.1, -0.05) is 30.3 Å². The topological polar surface area (TPSA) is 41.6 Å². The number of hydrogen-bond acceptors (Lipinski definition) is 3. The summed E-state index contributed by atoms with van der Waals surface area (Å²) in [6.07, 6.45) is 0.464. The van der Waals surface area contributed by atoms with Crippen molar-refractivity contribution < 1.29 is 9.53 Å². The SMILES string of the molecule is COc1ccc(CNN2C(=O)Cc3ccccc32)cc1. The van der Waals surface area contributed by atoms with Gasteiger partial charge in [-0.15, -0.1) is 0 Å². The number of hydrazine groups is 1. The molecule has 0 radical (unpaired) electrons. The Kier molecular flexibility index (Phi) is 3.39. The van der Waals surface area contributed by atoms with Gasteiger partial charge in [-0.25, -0.2) is 10.4 Å². The van der Waals surface area contributed by atoms with Crippen molar-refractivity contribution in [3.05, 3.63) is 59.7 Å². The Hall–Kier alpha value is -2.33. The molecule has 3 rings (SSSR count). The van der Waals surface area contributed by atoms with Gasteiger partial charge < -0.3 is 4.74 Å². The second-order valence-electron chi connectivity index (χ2n) is 4.72. The molecule has 20 heavy (non-hydrogen) atoms. The molecule has 2 aromatic rings. The van der Waals surface area contributed by atoms with Crippen molar-refractivity contribution in [2.24, 2.45) is 0 Å². The number of carbonyl (C=O) groups excluding carboxylic acids is 1. The second-order valence-corrected chi connectivity index (χ2v) is 4.72. The molecule has 2 aromatic carbocycles. The fraction of sp³-hybridized carbons (Fsp3) is 0.188. The van der Waals surface area contributed by atoms with Crippen LogP contribution in [0.5, 0.6) is 5.75 Å². The van der Waals surface area contributed by atoms with E-state index in [1.165, 1.54) is 0 Å². The van der Waals surface area contributed by atoms with Crippen molar-refractivity contribution in [3.63, 3.8) is 0 Å². The third-order valence-electron chi connectivity index (χ3n) is 3.42. The van der Waals surface area contributed by atoms with Crippen LogP contribution in [-0.2, 0) is 17.8 Å². The third-order valence-corrected chi connectivity index (χ3v) is 3.42. The van der Waals surface area contributed by atoms with Crippen molar-refractivity contribution in [3.8, 4) is 5.75 Å². The number of ether oxygens (including phenoxy) is 1. The first-order valence-electron chi connectivity index (χ1n) is 6.55. The molecule has 0 aromatic heterocycles. The van der Waals surface area contributed by atoms with E-state index in [1.54, 1.807) is 12.1 Å². The van der Waals surface area contributed by atoms with E-state index in [2.05, 4.69) is 5.43 Å². The molecule has 0 fully saturated rings. The van der Waals surface area contributed by atoms with Crippen LogP contribution in [0.3, 0.4) is 0 Å². The lowest BCUT2D eigenvalue weighted by molar-refractivity contribution is -0.118. The average molecular weight is 268 g/mol. The Morgan fingerprint density at radius 2 is 1.90 bits per heavy atom. The first kappa shape index (κ1) is 12.7. The van der Waals surface area contributed by atoms with E-state index in [0.717, 1.165) is 22.6 Å². The predicted molar refractivity (Wildman–Crippen MR) is 77.5 cm³/mol. The largest absolute Gasteiger partial charge is 0.497 e. The van der Waals surface area contributed by atoms with E-state index >= 15 is 0 Å². The van der Waals surface area contributed by atoms with Gasteiger partial charge >= 0.3 is 0 Å². The zero-order valence-corrected chi connectivity index (χ0v) is 11.3. The minimum absolute atomic E-state index is 0.0831. The molecular weight excluding hydrogens is 252 g/mol. The number of benzene rings is 2. The fourth-order valence-electron chi connectivity index (χ4n) is 2.34. The number of anilines is 1. The summed E-state index contributed by atoms with van der Waals surface area (Å²) in [4.78, 5) is 12.0. The van der Waals surface area contributed by atoms with Crippen LogP contribution < -0.4 is 15.2 Å². The van der Waals surface area contributed by atoms with E-state index in [1.807, 2.05) is 48.5 Å². The van der Waals surface area contributed by atoms with Crippen LogP contribution in [0.4, 0.5) is 5.69 Å². The van der Waals surface area contributed by atoms with Crippen molar-refractivity contribution in [2.75, 3.05) is 12.1 Å². The van der Waals surface area contributed by atoms with Crippen LogP contribution in [-0.4, -0.2) is 13.0 Å². The summed E-state index contributed by atoms with van der Waals surface area (Å²) in [7, 11) is 1.65. The molecule has 1 aliphatic heterocycles. The summed E-state index contributed by atoms with van der Waals surface area (Å²) in [6, 6.07) is 15.6. The van der Waals surface area contributed by atoms with E-state index < -0.39 is 0 Å². The van der Waals surface area contributed by atoms with E-state index in [-0.39, 0.29) is 5.91 Å². The molecule has 0 saturated carbocycles. The maximum Gasteiger partial charge on any atom is 0.245 e. The normalized spacial score (nSPS) is 13.4. The van der Waals surface area contributed by atoms with Crippen molar-refractivity contribution >= 4 is 11.6 Å². The molecule has 0 unspecified atom stereocenters. The molecular formula is C16H16N2O2. The van der Waals surface area contributed by atoms with Gasteiger partial charge in [-0.2, -0.15) is 0 Å². The predicted octanol–water partition coefficient (Wildman–Crippen LogP) is 2.29. The molecule has 1 aliphatic rings. The lowest BCUT2D eigenvalue weighted by Crippen LogP contribution is -2.39. The summed E-state index contributed by atoms with van der Waals surface area (Å²) in [5.41, 5.74) is 6.30. The summed E-state index contributed by atoms with van der Waals surface area (Å²) in [5.74, 6) is 0.913. The highest BCUT2D eigenvalue weighted by molar-refractivity contribution is 6.00.